The maximum absolute atomic E-state index is 4.43. The van der Waals surface area contributed by atoms with E-state index in [0.29, 0.717) is 0 Å². The molecule has 1 aliphatic heterocycles. The van der Waals surface area contributed by atoms with E-state index in [4.69, 9.17) is 0 Å². The Labute approximate surface area is 123 Å². The molecule has 1 spiro atoms. The molecule has 2 aliphatic rings. The van der Waals surface area contributed by atoms with E-state index >= 15 is 0 Å². The number of anilines is 1. The van der Waals surface area contributed by atoms with Crippen LogP contribution in [0.25, 0.3) is 5.57 Å². The van der Waals surface area contributed by atoms with Crippen molar-refractivity contribution >= 4 is 11.3 Å². The van der Waals surface area contributed by atoms with E-state index in [2.05, 4.69) is 50.2 Å². The van der Waals surface area contributed by atoms with Gasteiger partial charge in [0, 0.05) is 23.8 Å². The average Bonchev–Trinajstić information content (AvgIpc) is 2.70. The molecule has 0 radical (unpaired) electrons. The van der Waals surface area contributed by atoms with Crippen molar-refractivity contribution in [2.45, 2.75) is 50.9 Å². The van der Waals surface area contributed by atoms with E-state index in [0.717, 1.165) is 6.42 Å². The summed E-state index contributed by atoms with van der Waals surface area (Å²) in [5.74, 6) is 0. The number of nitrogens with zero attached hydrogens (tertiary/aromatic N) is 1. The van der Waals surface area contributed by atoms with Gasteiger partial charge in [-0.15, -0.1) is 0 Å². The summed E-state index contributed by atoms with van der Waals surface area (Å²) in [5.41, 5.74) is 6.86. The normalized spacial score (nSPS) is 20.3. The predicted molar refractivity (Wildman–Crippen MR) is 88.1 cm³/mol. The molecule has 20 heavy (non-hydrogen) atoms. The van der Waals surface area contributed by atoms with Gasteiger partial charge in [0.2, 0.25) is 0 Å². The van der Waals surface area contributed by atoms with Crippen molar-refractivity contribution in [2.75, 3.05) is 11.9 Å². The summed E-state index contributed by atoms with van der Waals surface area (Å²) in [7, 11) is 2.17. The quantitative estimate of drug-likeness (QED) is 0.705. The molecular formula is C19H25N. The summed E-state index contributed by atoms with van der Waals surface area (Å²) in [6.45, 7) is 10.8. The van der Waals surface area contributed by atoms with Crippen molar-refractivity contribution < 1.29 is 0 Å². The van der Waals surface area contributed by atoms with Gasteiger partial charge in [-0.25, -0.2) is 0 Å². The van der Waals surface area contributed by atoms with Crippen LogP contribution in [-0.2, 0) is 5.41 Å². The summed E-state index contributed by atoms with van der Waals surface area (Å²) in [4.78, 5) is 2.31. The lowest BCUT2D eigenvalue weighted by Crippen LogP contribution is -2.31. The third kappa shape index (κ3) is 1.76. The molecule has 0 saturated heterocycles. The standard InChI is InChI=1S/C19H25N/c1-5-14(2)16-9-10-17-18(13-16)20(4)15(3)19(17)11-7-6-8-12-19/h9-10,13H,2-3,5-8,11-12H2,1,4H3. The molecule has 3 rings (SSSR count). The molecule has 1 aromatic rings. The third-order valence-electron chi connectivity index (χ3n) is 5.37. The molecule has 1 heteroatoms. The maximum Gasteiger partial charge on any atom is 0.0454 e. The number of allylic oxidation sites excluding steroid dienone is 2. The van der Waals surface area contributed by atoms with Crippen LogP contribution in [0.5, 0.6) is 0 Å². The van der Waals surface area contributed by atoms with Crippen LogP contribution in [0, 0.1) is 0 Å². The van der Waals surface area contributed by atoms with Crippen LogP contribution in [0.15, 0.2) is 37.1 Å². The molecule has 0 unspecified atom stereocenters. The molecule has 0 bridgehead atoms. The Morgan fingerprint density at radius 1 is 1.25 bits per heavy atom. The van der Waals surface area contributed by atoms with Crippen LogP contribution in [0.4, 0.5) is 5.69 Å². The monoisotopic (exact) mass is 267 g/mol. The summed E-state index contributed by atoms with van der Waals surface area (Å²) < 4.78 is 0. The SMILES string of the molecule is C=C(CC)c1ccc2c(c1)N(C)C(=C)C21CCCCC1. The first-order valence-electron chi connectivity index (χ1n) is 7.86. The van der Waals surface area contributed by atoms with Crippen LogP contribution in [-0.4, -0.2) is 7.05 Å². The van der Waals surface area contributed by atoms with E-state index < -0.39 is 0 Å². The number of hydrogen-bond donors (Lipinski definition) is 0. The molecule has 1 nitrogen and oxygen atoms in total. The molecule has 1 aromatic carbocycles. The number of likely N-dealkylation sites (N-methyl/N-ethyl adjacent to an activating group) is 1. The van der Waals surface area contributed by atoms with E-state index in [9.17, 15) is 0 Å². The first-order chi connectivity index (χ1) is 9.60. The number of fused-ring (bicyclic) bond motifs is 2. The number of benzene rings is 1. The largest absolute Gasteiger partial charge is 0.348 e. The van der Waals surface area contributed by atoms with E-state index in [1.54, 1.807) is 0 Å². The molecule has 106 valence electrons. The van der Waals surface area contributed by atoms with Crippen LogP contribution >= 0.6 is 0 Å². The highest BCUT2D eigenvalue weighted by Crippen LogP contribution is 2.54. The second-order valence-corrected chi connectivity index (χ2v) is 6.34. The van der Waals surface area contributed by atoms with Crippen LogP contribution in [0.3, 0.4) is 0 Å². The van der Waals surface area contributed by atoms with Gasteiger partial charge in [0.1, 0.15) is 0 Å². The van der Waals surface area contributed by atoms with E-state index in [1.165, 1.54) is 60.2 Å². The first kappa shape index (κ1) is 13.5. The molecule has 1 aliphatic carbocycles. The fraction of sp³-hybridized carbons (Fsp3) is 0.474. The molecule has 1 fully saturated rings. The second-order valence-electron chi connectivity index (χ2n) is 6.34. The van der Waals surface area contributed by atoms with Gasteiger partial charge in [-0.2, -0.15) is 0 Å². The lowest BCUT2D eigenvalue weighted by molar-refractivity contribution is 0.347. The van der Waals surface area contributed by atoms with Crippen LogP contribution < -0.4 is 4.90 Å². The molecular weight excluding hydrogens is 242 g/mol. The highest BCUT2D eigenvalue weighted by molar-refractivity contribution is 5.76. The smallest absolute Gasteiger partial charge is 0.0454 e. The van der Waals surface area contributed by atoms with Gasteiger partial charge < -0.3 is 4.90 Å². The molecule has 0 aromatic heterocycles. The minimum atomic E-state index is 0.217. The summed E-state index contributed by atoms with van der Waals surface area (Å²) >= 11 is 0. The average molecular weight is 267 g/mol. The molecule has 1 heterocycles. The minimum Gasteiger partial charge on any atom is -0.348 e. The lowest BCUT2D eigenvalue weighted by atomic mass is 9.69. The fourth-order valence-electron chi connectivity index (χ4n) is 3.97. The third-order valence-corrected chi connectivity index (χ3v) is 5.37. The summed E-state index contributed by atoms with van der Waals surface area (Å²) in [5, 5.41) is 0. The predicted octanol–water partition coefficient (Wildman–Crippen LogP) is 5.28. The van der Waals surface area contributed by atoms with Crippen LogP contribution in [0.2, 0.25) is 0 Å². The molecule has 0 N–H and O–H groups in total. The highest BCUT2D eigenvalue weighted by atomic mass is 15.2. The Morgan fingerprint density at radius 2 is 1.95 bits per heavy atom. The Hall–Kier alpha value is -1.50. The van der Waals surface area contributed by atoms with Gasteiger partial charge in [-0.1, -0.05) is 51.5 Å². The Bertz CT molecular complexity index is 561. The Kier molecular flexibility index (Phi) is 3.24. The molecule has 0 amide bonds. The Morgan fingerprint density at radius 3 is 2.60 bits per heavy atom. The van der Waals surface area contributed by atoms with Crippen molar-refractivity contribution in [3.8, 4) is 0 Å². The van der Waals surface area contributed by atoms with Crippen molar-refractivity contribution in [1.82, 2.24) is 0 Å². The van der Waals surface area contributed by atoms with Gasteiger partial charge in [0.25, 0.3) is 0 Å². The van der Waals surface area contributed by atoms with E-state index in [1.807, 2.05) is 0 Å². The zero-order chi connectivity index (χ0) is 14.3. The summed E-state index contributed by atoms with van der Waals surface area (Å²) in [6.07, 6.45) is 7.56. The van der Waals surface area contributed by atoms with Gasteiger partial charge in [-0.05, 0) is 42.0 Å². The zero-order valence-electron chi connectivity index (χ0n) is 12.8. The van der Waals surface area contributed by atoms with Crippen molar-refractivity contribution in [1.29, 1.82) is 0 Å². The van der Waals surface area contributed by atoms with Crippen molar-refractivity contribution in [2.24, 2.45) is 0 Å². The maximum atomic E-state index is 4.43. The highest BCUT2D eigenvalue weighted by Gasteiger charge is 2.45. The minimum absolute atomic E-state index is 0.217. The lowest BCUT2D eigenvalue weighted by Gasteiger charge is -2.35. The number of hydrogen-bond acceptors (Lipinski definition) is 1. The van der Waals surface area contributed by atoms with Gasteiger partial charge >= 0.3 is 0 Å². The molecule has 0 atom stereocenters. The van der Waals surface area contributed by atoms with E-state index in [-0.39, 0.29) is 5.41 Å². The second kappa shape index (κ2) is 4.80. The fourth-order valence-corrected chi connectivity index (χ4v) is 3.97. The Balaban J connectivity index is 2.09. The zero-order valence-corrected chi connectivity index (χ0v) is 12.8. The van der Waals surface area contributed by atoms with Gasteiger partial charge in [0.05, 0.1) is 0 Å². The number of rotatable bonds is 2. The summed E-state index contributed by atoms with van der Waals surface area (Å²) in [6, 6.07) is 6.91. The first-order valence-corrected chi connectivity index (χ1v) is 7.86. The van der Waals surface area contributed by atoms with Gasteiger partial charge in [0.15, 0.2) is 0 Å². The van der Waals surface area contributed by atoms with Gasteiger partial charge in [-0.3, -0.25) is 0 Å². The van der Waals surface area contributed by atoms with Crippen LogP contribution in [0.1, 0.15) is 56.6 Å². The topological polar surface area (TPSA) is 3.24 Å². The van der Waals surface area contributed by atoms with Crippen molar-refractivity contribution in [3.05, 3.63) is 48.2 Å². The molecule has 1 saturated carbocycles. The van der Waals surface area contributed by atoms with Crippen molar-refractivity contribution in [3.63, 3.8) is 0 Å².